The van der Waals surface area contributed by atoms with Crippen LogP contribution in [0.15, 0.2) is 12.2 Å². The van der Waals surface area contributed by atoms with E-state index in [1.165, 1.54) is 51.4 Å². The van der Waals surface area contributed by atoms with Gasteiger partial charge >= 0.3 is 14.5 Å². The van der Waals surface area contributed by atoms with Gasteiger partial charge in [0, 0.05) is 19.8 Å². The molecular formula is C19H38O4Si. The molecule has 0 amide bonds. The third kappa shape index (κ3) is 12.7. The number of carbonyl (C=O) groups excluding carboxylic acids is 1. The van der Waals surface area contributed by atoms with Crippen LogP contribution < -0.4 is 0 Å². The number of hydrogen-bond donors (Lipinski definition) is 0. The van der Waals surface area contributed by atoms with Gasteiger partial charge in [-0.1, -0.05) is 64.4 Å². The van der Waals surface area contributed by atoms with Crippen LogP contribution in [-0.2, 0) is 18.4 Å². The monoisotopic (exact) mass is 358 g/mol. The highest BCUT2D eigenvalue weighted by molar-refractivity contribution is 6.65. The Morgan fingerprint density at radius 1 is 0.833 bits per heavy atom. The minimum absolute atomic E-state index is 0.269. The Bertz CT molecular complexity index is 340. The van der Waals surface area contributed by atoms with Crippen LogP contribution in [0, 0.1) is 0 Å². The summed E-state index contributed by atoms with van der Waals surface area (Å²) in [5.41, 5.74) is 0.478. The van der Waals surface area contributed by atoms with Crippen LogP contribution in [0.1, 0.15) is 71.1 Å². The van der Waals surface area contributed by atoms with Crippen LogP contribution in [0.4, 0.5) is 0 Å². The number of rotatable bonds is 16. The van der Waals surface area contributed by atoms with Gasteiger partial charge in [0.25, 0.3) is 0 Å². The van der Waals surface area contributed by atoms with Crippen molar-refractivity contribution in [3.8, 4) is 0 Å². The Morgan fingerprint density at radius 3 is 1.67 bits per heavy atom. The van der Waals surface area contributed by atoms with Gasteiger partial charge in [-0.25, -0.2) is 4.79 Å². The fraction of sp³-hybridized carbons (Fsp3) is 0.842. The zero-order valence-electron chi connectivity index (χ0n) is 16.3. The van der Waals surface area contributed by atoms with Crippen molar-refractivity contribution in [2.45, 2.75) is 83.7 Å². The summed E-state index contributed by atoms with van der Waals surface area (Å²) in [5.74, 6) is -0.269. The molecule has 0 spiro atoms. The quantitative estimate of drug-likeness (QED) is 0.161. The number of esters is 1. The van der Waals surface area contributed by atoms with Crippen molar-refractivity contribution in [3.63, 3.8) is 0 Å². The molecule has 0 aromatic rings. The lowest BCUT2D eigenvalue weighted by Gasteiger charge is -2.22. The van der Waals surface area contributed by atoms with E-state index < -0.39 is 8.56 Å². The van der Waals surface area contributed by atoms with Gasteiger partial charge in [-0.3, -0.25) is 0 Å². The van der Waals surface area contributed by atoms with Gasteiger partial charge in [-0.2, -0.15) is 0 Å². The molecule has 0 atom stereocenters. The molecule has 0 aromatic carbocycles. The highest BCUT2D eigenvalue weighted by Crippen LogP contribution is 2.17. The second-order valence-electron chi connectivity index (χ2n) is 6.74. The summed E-state index contributed by atoms with van der Waals surface area (Å²) in [5, 5.41) is 0. The van der Waals surface area contributed by atoms with Crippen molar-refractivity contribution in [1.29, 1.82) is 0 Å². The first kappa shape index (κ1) is 23.3. The van der Waals surface area contributed by atoms with Gasteiger partial charge in [0.1, 0.15) is 0 Å². The van der Waals surface area contributed by atoms with Gasteiger partial charge in [0.2, 0.25) is 0 Å². The smallest absolute Gasteiger partial charge is 0.334 e. The first-order valence-corrected chi connectivity index (χ1v) is 11.9. The Kier molecular flexibility index (Phi) is 14.3. The van der Waals surface area contributed by atoms with Crippen LogP contribution in [0.2, 0.25) is 12.6 Å². The largest absolute Gasteiger partial charge is 0.462 e. The Labute approximate surface area is 150 Å². The summed E-state index contributed by atoms with van der Waals surface area (Å²) in [6, 6.07) is 1.09. The second kappa shape index (κ2) is 14.7. The predicted octanol–water partition coefficient (Wildman–Crippen LogP) is 5.37. The Morgan fingerprint density at radius 2 is 1.25 bits per heavy atom. The van der Waals surface area contributed by atoms with Crippen LogP contribution in [0.5, 0.6) is 0 Å². The first-order valence-electron chi connectivity index (χ1n) is 9.38. The average molecular weight is 359 g/mol. The van der Waals surface area contributed by atoms with Crippen LogP contribution in [0.3, 0.4) is 0 Å². The first-order chi connectivity index (χ1) is 11.4. The van der Waals surface area contributed by atoms with E-state index in [1.807, 2.05) is 0 Å². The molecule has 0 heterocycles. The molecule has 0 radical (unpaired) electrons. The summed E-state index contributed by atoms with van der Waals surface area (Å²) in [7, 11) is 1.68. The van der Waals surface area contributed by atoms with Crippen molar-refractivity contribution in [1.82, 2.24) is 0 Å². The van der Waals surface area contributed by atoms with E-state index in [9.17, 15) is 4.79 Å². The Hall–Kier alpha value is -0.653. The number of ether oxygens (including phenoxy) is 1. The van der Waals surface area contributed by atoms with Gasteiger partial charge in [-0.15, -0.1) is 0 Å². The normalized spacial score (nSPS) is 11.5. The molecule has 0 aliphatic carbocycles. The highest BCUT2D eigenvalue weighted by atomic mass is 28.4. The number of carbonyl (C=O) groups is 1. The third-order valence-corrected chi connectivity index (χ3v) is 7.46. The van der Waals surface area contributed by atoms with Crippen molar-refractivity contribution >= 4 is 14.5 Å². The molecule has 0 unspecified atom stereocenters. The average Bonchev–Trinajstić information content (AvgIpc) is 2.58. The molecule has 4 nitrogen and oxygen atoms in total. The maximum Gasteiger partial charge on any atom is 0.334 e. The maximum absolute atomic E-state index is 11.2. The third-order valence-electron chi connectivity index (χ3n) is 4.47. The Balaban J connectivity index is 3.26. The van der Waals surface area contributed by atoms with Crippen LogP contribution in [0.25, 0.3) is 0 Å². The summed E-state index contributed by atoms with van der Waals surface area (Å²) in [6.45, 7) is 7.90. The van der Waals surface area contributed by atoms with E-state index in [2.05, 4.69) is 13.1 Å². The summed E-state index contributed by atoms with van der Waals surface area (Å²) in [6.07, 6.45) is 12.4. The van der Waals surface area contributed by atoms with E-state index in [1.54, 1.807) is 21.1 Å². The topological polar surface area (TPSA) is 44.8 Å². The van der Waals surface area contributed by atoms with Crippen molar-refractivity contribution in [2.24, 2.45) is 0 Å². The summed E-state index contributed by atoms with van der Waals surface area (Å²) < 4.78 is 16.1. The van der Waals surface area contributed by atoms with Crippen molar-refractivity contribution in [2.75, 3.05) is 20.8 Å². The molecule has 0 N–H and O–H groups in total. The zero-order chi connectivity index (χ0) is 18.3. The highest BCUT2D eigenvalue weighted by Gasteiger charge is 2.27. The summed E-state index contributed by atoms with van der Waals surface area (Å²) >= 11 is 0. The fourth-order valence-corrected chi connectivity index (χ4v) is 4.01. The maximum atomic E-state index is 11.2. The van der Waals surface area contributed by atoms with E-state index in [-0.39, 0.29) is 5.97 Å². The van der Waals surface area contributed by atoms with Gasteiger partial charge in [-0.05, 0) is 25.9 Å². The molecule has 0 rings (SSSR count). The van der Waals surface area contributed by atoms with Gasteiger partial charge < -0.3 is 13.6 Å². The molecular weight excluding hydrogens is 320 g/mol. The molecule has 5 heteroatoms. The second-order valence-corrected chi connectivity index (χ2v) is 10.3. The standard InChI is InChI=1S/C19H38O4Si/c1-18(2)19(20)23-16-14-12-10-8-6-7-9-11-13-15-17-24(5,21-3)22-4/h1,6-17H2,2-5H3. The summed E-state index contributed by atoms with van der Waals surface area (Å²) in [4.78, 5) is 11.2. The van der Waals surface area contributed by atoms with Crippen LogP contribution in [-0.4, -0.2) is 35.4 Å². The minimum atomic E-state index is -1.84. The van der Waals surface area contributed by atoms with E-state index in [0.717, 1.165) is 18.9 Å². The zero-order valence-corrected chi connectivity index (χ0v) is 17.3. The molecule has 0 aliphatic heterocycles. The number of hydrogen-bond acceptors (Lipinski definition) is 4. The number of unbranched alkanes of at least 4 members (excludes halogenated alkanes) is 9. The van der Waals surface area contributed by atoms with E-state index >= 15 is 0 Å². The molecule has 24 heavy (non-hydrogen) atoms. The lowest BCUT2D eigenvalue weighted by atomic mass is 10.1. The van der Waals surface area contributed by atoms with E-state index in [0.29, 0.717) is 12.2 Å². The van der Waals surface area contributed by atoms with Gasteiger partial charge in [0.15, 0.2) is 0 Å². The van der Waals surface area contributed by atoms with Crippen molar-refractivity contribution < 1.29 is 18.4 Å². The SMILES string of the molecule is C=C(C)C(=O)OCCCCCCCCCCCC[Si](C)(OC)OC. The van der Waals surface area contributed by atoms with Crippen LogP contribution >= 0.6 is 0 Å². The van der Waals surface area contributed by atoms with E-state index in [4.69, 9.17) is 13.6 Å². The lowest BCUT2D eigenvalue weighted by Crippen LogP contribution is -2.35. The minimum Gasteiger partial charge on any atom is -0.462 e. The molecule has 0 fully saturated rings. The molecule has 0 saturated heterocycles. The molecule has 0 saturated carbocycles. The fourth-order valence-electron chi connectivity index (χ4n) is 2.54. The molecule has 0 bridgehead atoms. The van der Waals surface area contributed by atoms with Crippen molar-refractivity contribution in [3.05, 3.63) is 12.2 Å². The molecule has 0 aromatic heterocycles. The predicted molar refractivity (Wildman–Crippen MR) is 102 cm³/mol. The molecule has 142 valence electrons. The van der Waals surface area contributed by atoms with Gasteiger partial charge in [0.05, 0.1) is 6.61 Å². The lowest BCUT2D eigenvalue weighted by molar-refractivity contribution is -0.139. The molecule has 0 aliphatic rings.